The van der Waals surface area contributed by atoms with Crippen LogP contribution >= 0.6 is 0 Å². The van der Waals surface area contributed by atoms with Gasteiger partial charge in [-0.15, -0.1) is 0 Å². The maximum atomic E-state index is 10.6. The van der Waals surface area contributed by atoms with Crippen molar-refractivity contribution in [1.29, 1.82) is 0 Å². The largest absolute Gasteiger partial charge is 0.481 e. The van der Waals surface area contributed by atoms with Gasteiger partial charge in [0.05, 0.1) is 0 Å². The van der Waals surface area contributed by atoms with Crippen LogP contribution in [-0.4, -0.2) is 46.9 Å². The van der Waals surface area contributed by atoms with Gasteiger partial charge in [0.15, 0.2) is 0 Å². The summed E-state index contributed by atoms with van der Waals surface area (Å²) in [5, 5.41) is 19.3. The van der Waals surface area contributed by atoms with Gasteiger partial charge in [0.1, 0.15) is 12.3 Å². The van der Waals surface area contributed by atoms with Crippen molar-refractivity contribution in [2.24, 2.45) is 17.4 Å². The molecule has 0 saturated heterocycles. The molecule has 32 heavy (non-hydrogen) atoms. The first-order valence-electron chi connectivity index (χ1n) is 10.4. The third kappa shape index (κ3) is 16.9. The predicted molar refractivity (Wildman–Crippen MR) is 124 cm³/mol. The number of carboxylic acid groups (broad SMARTS) is 2. The van der Waals surface area contributed by atoms with Crippen molar-refractivity contribution in [3.63, 3.8) is 0 Å². The van der Waals surface area contributed by atoms with Gasteiger partial charge in [0, 0.05) is 24.6 Å². The van der Waals surface area contributed by atoms with Crippen LogP contribution in [0, 0.1) is 5.92 Å². The third-order valence-electron chi connectivity index (χ3n) is 4.59. The summed E-state index contributed by atoms with van der Waals surface area (Å²) < 4.78 is 0. The molecule has 0 bridgehead atoms. The van der Waals surface area contributed by atoms with Crippen LogP contribution in [0.5, 0.6) is 0 Å². The van der Waals surface area contributed by atoms with Crippen LogP contribution in [0.15, 0.2) is 24.3 Å². The van der Waals surface area contributed by atoms with Crippen LogP contribution < -0.4 is 22.9 Å². The van der Waals surface area contributed by atoms with E-state index >= 15 is 0 Å². The zero-order chi connectivity index (χ0) is 23.6. The minimum Gasteiger partial charge on any atom is -0.481 e. The minimum atomic E-state index is -0.955. The van der Waals surface area contributed by atoms with Gasteiger partial charge >= 0.3 is 11.9 Å². The monoisotopic (exact) mass is 454 g/mol. The number of hydrogen-bond donors (Lipinski definition) is 6. The fourth-order valence-corrected chi connectivity index (χ4v) is 2.95. The molecular weight excluding hydrogens is 416 g/mol. The molecule has 0 radical (unpaired) electrons. The number of carbonyl (C=O) groups is 4. The molecule has 1 aromatic rings. The molecule has 10 nitrogen and oxygen atoms in total. The molecule has 0 heterocycles. The van der Waals surface area contributed by atoms with Crippen LogP contribution in [0.25, 0.3) is 0 Å². The summed E-state index contributed by atoms with van der Waals surface area (Å²) in [6.07, 6.45) is 8.32. The number of amides is 1. The molecule has 0 aliphatic heterocycles. The predicted octanol–water partition coefficient (Wildman–Crippen LogP) is 2.80. The molecular formula is C22H38N4O6. The first-order chi connectivity index (χ1) is 14.7. The molecule has 2 rings (SSSR count). The first-order valence-corrected chi connectivity index (χ1v) is 10.4. The second-order valence-corrected chi connectivity index (χ2v) is 7.40. The highest BCUT2D eigenvalue weighted by molar-refractivity contribution is 5.89. The van der Waals surface area contributed by atoms with E-state index in [1.54, 1.807) is 24.3 Å². The lowest BCUT2D eigenvalue weighted by molar-refractivity contribution is -0.139. The maximum Gasteiger partial charge on any atom is 0.320 e. The second kappa shape index (κ2) is 18.9. The fraction of sp³-hybridized carbons (Fsp3) is 0.545. The Kier molecular flexibility index (Phi) is 18.5. The topological polar surface area (TPSA) is 208 Å². The average molecular weight is 455 g/mol. The van der Waals surface area contributed by atoms with Gasteiger partial charge in [-0.2, -0.15) is 0 Å². The first kappa shape index (κ1) is 31.4. The van der Waals surface area contributed by atoms with E-state index in [1.807, 2.05) is 0 Å². The molecule has 10 heteroatoms. The van der Waals surface area contributed by atoms with Gasteiger partial charge in [0.25, 0.3) is 0 Å². The number of aldehydes is 1. The fourth-order valence-electron chi connectivity index (χ4n) is 2.95. The molecule has 0 aromatic heterocycles. The van der Waals surface area contributed by atoms with Crippen LogP contribution in [0.2, 0.25) is 0 Å². The number of rotatable bonds is 8. The van der Waals surface area contributed by atoms with Gasteiger partial charge in [-0.3, -0.25) is 19.2 Å². The van der Waals surface area contributed by atoms with Crippen molar-refractivity contribution in [3.8, 4) is 0 Å². The van der Waals surface area contributed by atoms with Crippen molar-refractivity contribution < 1.29 is 29.4 Å². The molecule has 1 amide bonds. The Labute approximate surface area is 189 Å². The van der Waals surface area contributed by atoms with E-state index in [0.717, 1.165) is 19.1 Å². The van der Waals surface area contributed by atoms with Crippen LogP contribution in [0.3, 0.4) is 0 Å². The number of hydrogen-bond acceptors (Lipinski definition) is 7. The summed E-state index contributed by atoms with van der Waals surface area (Å²) in [7, 11) is 0. The van der Waals surface area contributed by atoms with Crippen LogP contribution in [-0.2, 0) is 14.4 Å². The second-order valence-electron chi connectivity index (χ2n) is 7.40. The van der Waals surface area contributed by atoms with Gasteiger partial charge in [0.2, 0.25) is 5.91 Å². The highest BCUT2D eigenvalue weighted by Crippen LogP contribution is 2.25. The van der Waals surface area contributed by atoms with E-state index < -0.39 is 18.0 Å². The highest BCUT2D eigenvalue weighted by atomic mass is 16.4. The number of carbonyl (C=O) groups excluding carboxylic acids is 2. The molecule has 1 aromatic carbocycles. The third-order valence-corrected chi connectivity index (χ3v) is 4.59. The molecule has 182 valence electrons. The molecule has 0 spiro atoms. The molecule has 1 fully saturated rings. The average Bonchev–Trinajstić information content (AvgIpc) is 2.73. The lowest BCUT2D eigenvalue weighted by Gasteiger charge is -2.18. The SMILES string of the molecule is CC(=O)Nc1ccc(C=O)cc1.N.NCCC[C@H](N)C(=O)O.O=C(O)CC1CCCCC1. The molecule has 0 unspecified atom stereocenters. The Morgan fingerprint density at radius 1 is 1.12 bits per heavy atom. The molecule has 1 aliphatic carbocycles. The lowest BCUT2D eigenvalue weighted by Crippen LogP contribution is -2.30. The van der Waals surface area contributed by atoms with Crippen molar-refractivity contribution in [2.75, 3.05) is 11.9 Å². The van der Waals surface area contributed by atoms with Crippen molar-refractivity contribution >= 4 is 29.8 Å². The van der Waals surface area contributed by atoms with Crippen molar-refractivity contribution in [2.45, 2.75) is 64.3 Å². The van der Waals surface area contributed by atoms with Crippen molar-refractivity contribution in [1.82, 2.24) is 6.15 Å². The highest BCUT2D eigenvalue weighted by Gasteiger charge is 2.15. The number of anilines is 1. The van der Waals surface area contributed by atoms with Gasteiger partial charge in [-0.25, -0.2) is 0 Å². The molecule has 1 saturated carbocycles. The van der Waals surface area contributed by atoms with E-state index in [9.17, 15) is 19.2 Å². The normalized spacial score (nSPS) is 13.6. The Hall–Kier alpha value is -2.82. The van der Waals surface area contributed by atoms with Gasteiger partial charge in [-0.05, 0) is 62.4 Å². The summed E-state index contributed by atoms with van der Waals surface area (Å²) in [4.78, 5) is 41.1. The Balaban J connectivity index is 0. The smallest absolute Gasteiger partial charge is 0.320 e. The quantitative estimate of drug-likeness (QED) is 0.318. The number of benzene rings is 1. The summed E-state index contributed by atoms with van der Waals surface area (Å²) in [6, 6.07) is 5.93. The minimum absolute atomic E-state index is 0. The van der Waals surface area contributed by atoms with E-state index in [1.165, 1.54) is 26.2 Å². The van der Waals surface area contributed by atoms with Crippen molar-refractivity contribution in [3.05, 3.63) is 29.8 Å². The summed E-state index contributed by atoms with van der Waals surface area (Å²) in [5.41, 5.74) is 11.6. The number of nitrogens with two attached hydrogens (primary N) is 2. The van der Waals surface area contributed by atoms with Gasteiger partial charge in [-0.1, -0.05) is 19.3 Å². The number of aliphatic carboxylic acids is 2. The van der Waals surface area contributed by atoms with Gasteiger partial charge < -0.3 is 33.1 Å². The Morgan fingerprint density at radius 3 is 2.09 bits per heavy atom. The van der Waals surface area contributed by atoms with E-state index in [-0.39, 0.29) is 12.1 Å². The van der Waals surface area contributed by atoms with E-state index in [0.29, 0.717) is 43.0 Å². The summed E-state index contributed by atoms with van der Waals surface area (Å²) in [5.74, 6) is -1.23. The van der Waals surface area contributed by atoms with E-state index in [4.69, 9.17) is 21.7 Å². The van der Waals surface area contributed by atoms with E-state index in [2.05, 4.69) is 5.32 Å². The zero-order valence-corrected chi connectivity index (χ0v) is 18.8. The maximum absolute atomic E-state index is 10.6. The lowest BCUT2D eigenvalue weighted by atomic mass is 9.87. The number of nitrogens with one attached hydrogen (secondary N) is 1. The summed E-state index contributed by atoms with van der Waals surface area (Å²) in [6.45, 7) is 1.94. The molecule has 1 aliphatic rings. The zero-order valence-electron chi connectivity index (χ0n) is 18.8. The Bertz CT molecular complexity index is 676. The molecule has 10 N–H and O–H groups in total. The molecule has 1 atom stereocenters. The standard InChI is InChI=1S/C9H9NO2.C8H14O2.C5H12N2O2.H3N/c1-7(12)10-9-4-2-8(6-11)3-5-9;9-8(10)6-7-4-2-1-3-5-7;6-3-1-2-4(7)5(8)9;/h2-6H,1H3,(H,10,12);7H,1-6H2,(H,9,10);4H,1-3,6-7H2,(H,8,9);1H3/t;;4-;/m..0./s1. The number of carboxylic acids is 2. The summed E-state index contributed by atoms with van der Waals surface area (Å²) >= 11 is 0. The van der Waals surface area contributed by atoms with Crippen LogP contribution in [0.4, 0.5) is 5.69 Å². The van der Waals surface area contributed by atoms with Crippen LogP contribution in [0.1, 0.15) is 68.6 Å². The Morgan fingerprint density at radius 2 is 1.69 bits per heavy atom.